The van der Waals surface area contributed by atoms with Crippen LogP contribution in [0.3, 0.4) is 0 Å². The maximum Gasteiger partial charge on any atom is 0.273 e. The van der Waals surface area contributed by atoms with Crippen LogP contribution < -0.4 is 10.1 Å². The zero-order valence-corrected chi connectivity index (χ0v) is 17.0. The van der Waals surface area contributed by atoms with Crippen molar-refractivity contribution in [3.05, 3.63) is 76.8 Å². The Labute approximate surface area is 174 Å². The molecule has 6 nitrogen and oxygen atoms in total. The summed E-state index contributed by atoms with van der Waals surface area (Å²) in [5.74, 6) is 0.776. The standard InChI is InChI=1S/C22H23N3O3S/c1-27-18-9-7-16(8-10-18)13-23-22-24-19(15-29-22)21(26)25-11-12-28-20(14-25)17-5-3-2-4-6-17/h2-10,15,20H,11-14H2,1H3,(H,23,24)/t20-/m0/s1. The van der Waals surface area contributed by atoms with Gasteiger partial charge in [0.05, 0.1) is 20.3 Å². The number of rotatable bonds is 6. The Bertz CT molecular complexity index is 943. The highest BCUT2D eigenvalue weighted by Crippen LogP contribution is 2.24. The van der Waals surface area contributed by atoms with Gasteiger partial charge in [0.25, 0.3) is 5.91 Å². The molecular formula is C22H23N3O3S. The van der Waals surface area contributed by atoms with Crippen LogP contribution in [0.2, 0.25) is 0 Å². The molecule has 4 rings (SSSR count). The van der Waals surface area contributed by atoms with E-state index in [2.05, 4.69) is 10.3 Å². The first-order chi connectivity index (χ1) is 14.2. The molecule has 1 amide bonds. The summed E-state index contributed by atoms with van der Waals surface area (Å²) in [6.45, 7) is 2.28. The Kier molecular flexibility index (Phi) is 6.07. The van der Waals surface area contributed by atoms with Gasteiger partial charge in [0.2, 0.25) is 0 Å². The van der Waals surface area contributed by atoms with Crippen LogP contribution in [-0.4, -0.2) is 42.6 Å². The number of nitrogens with zero attached hydrogens (tertiary/aromatic N) is 2. The van der Waals surface area contributed by atoms with Crippen LogP contribution in [0.15, 0.2) is 60.0 Å². The largest absolute Gasteiger partial charge is 0.497 e. The number of morpholine rings is 1. The molecule has 1 aromatic heterocycles. The molecule has 0 saturated carbocycles. The lowest BCUT2D eigenvalue weighted by molar-refractivity contribution is -0.0229. The minimum atomic E-state index is -0.0970. The third kappa shape index (κ3) is 4.75. The van der Waals surface area contributed by atoms with Crippen LogP contribution in [0.25, 0.3) is 0 Å². The van der Waals surface area contributed by atoms with Crippen LogP contribution in [0, 0.1) is 0 Å². The van der Waals surface area contributed by atoms with E-state index in [0.717, 1.165) is 22.0 Å². The van der Waals surface area contributed by atoms with Crippen LogP contribution in [0.5, 0.6) is 5.75 Å². The fraction of sp³-hybridized carbons (Fsp3) is 0.273. The van der Waals surface area contributed by atoms with Crippen LogP contribution >= 0.6 is 11.3 Å². The Morgan fingerprint density at radius 1 is 1.24 bits per heavy atom. The minimum Gasteiger partial charge on any atom is -0.497 e. The van der Waals surface area contributed by atoms with Crippen molar-refractivity contribution in [1.82, 2.24) is 9.88 Å². The van der Waals surface area contributed by atoms with Crippen LogP contribution in [0.4, 0.5) is 5.13 Å². The van der Waals surface area contributed by atoms with Crippen molar-refractivity contribution >= 4 is 22.4 Å². The summed E-state index contributed by atoms with van der Waals surface area (Å²) in [4.78, 5) is 19.2. The van der Waals surface area contributed by atoms with E-state index < -0.39 is 0 Å². The smallest absolute Gasteiger partial charge is 0.273 e. The number of nitrogens with one attached hydrogen (secondary N) is 1. The molecule has 1 aliphatic heterocycles. The van der Waals surface area contributed by atoms with Gasteiger partial charge in [0.1, 0.15) is 17.5 Å². The molecule has 1 fully saturated rings. The Morgan fingerprint density at radius 3 is 2.79 bits per heavy atom. The molecule has 150 valence electrons. The number of carbonyl (C=O) groups is 1. The first-order valence-electron chi connectivity index (χ1n) is 9.51. The van der Waals surface area contributed by atoms with Gasteiger partial charge < -0.3 is 19.7 Å². The molecule has 0 spiro atoms. The molecule has 2 aromatic carbocycles. The average Bonchev–Trinajstić information content (AvgIpc) is 3.27. The molecule has 7 heteroatoms. The first kappa shape index (κ1) is 19.4. The molecule has 0 bridgehead atoms. The van der Waals surface area contributed by atoms with Gasteiger partial charge in [-0.2, -0.15) is 0 Å². The molecule has 0 radical (unpaired) electrons. The molecule has 1 saturated heterocycles. The number of hydrogen-bond acceptors (Lipinski definition) is 6. The predicted octanol–water partition coefficient (Wildman–Crippen LogP) is 3.98. The fourth-order valence-electron chi connectivity index (χ4n) is 3.24. The van der Waals surface area contributed by atoms with Gasteiger partial charge in [-0.05, 0) is 23.3 Å². The SMILES string of the molecule is COc1ccc(CNc2nc(C(=O)N3CCO[C@H](c4ccccc4)C3)cs2)cc1. The Morgan fingerprint density at radius 2 is 2.03 bits per heavy atom. The number of ether oxygens (including phenoxy) is 2. The van der Waals surface area contributed by atoms with Gasteiger partial charge in [-0.15, -0.1) is 11.3 Å². The lowest BCUT2D eigenvalue weighted by Crippen LogP contribution is -2.42. The molecule has 1 aliphatic rings. The maximum atomic E-state index is 12.9. The van der Waals surface area contributed by atoms with Gasteiger partial charge in [-0.1, -0.05) is 42.5 Å². The molecule has 3 aromatic rings. The lowest BCUT2D eigenvalue weighted by Gasteiger charge is -2.32. The fourth-order valence-corrected chi connectivity index (χ4v) is 3.92. The number of amides is 1. The van der Waals surface area contributed by atoms with E-state index in [1.165, 1.54) is 11.3 Å². The van der Waals surface area contributed by atoms with Crippen molar-refractivity contribution < 1.29 is 14.3 Å². The highest BCUT2D eigenvalue weighted by atomic mass is 32.1. The summed E-state index contributed by atoms with van der Waals surface area (Å²) in [5.41, 5.74) is 2.68. The quantitative estimate of drug-likeness (QED) is 0.667. The molecule has 1 N–H and O–H groups in total. The second kappa shape index (κ2) is 9.07. The maximum absolute atomic E-state index is 12.9. The van der Waals surface area contributed by atoms with Gasteiger partial charge >= 0.3 is 0 Å². The van der Waals surface area contributed by atoms with E-state index in [1.807, 2.05) is 64.9 Å². The monoisotopic (exact) mass is 409 g/mol. The molecule has 1 atom stereocenters. The number of carbonyl (C=O) groups excluding carboxylic acids is 1. The second-order valence-corrected chi connectivity index (χ2v) is 7.62. The average molecular weight is 410 g/mol. The number of aromatic nitrogens is 1. The minimum absolute atomic E-state index is 0.0528. The second-order valence-electron chi connectivity index (χ2n) is 6.76. The van der Waals surface area contributed by atoms with E-state index in [4.69, 9.17) is 9.47 Å². The van der Waals surface area contributed by atoms with Crippen molar-refractivity contribution in [2.24, 2.45) is 0 Å². The van der Waals surface area contributed by atoms with E-state index in [1.54, 1.807) is 7.11 Å². The normalized spacial score (nSPS) is 16.4. The number of benzene rings is 2. The lowest BCUT2D eigenvalue weighted by atomic mass is 10.1. The van der Waals surface area contributed by atoms with E-state index in [-0.39, 0.29) is 12.0 Å². The molecule has 2 heterocycles. The summed E-state index contributed by atoms with van der Waals surface area (Å²) in [5, 5.41) is 5.83. The van der Waals surface area contributed by atoms with Crippen molar-refractivity contribution in [2.45, 2.75) is 12.6 Å². The van der Waals surface area contributed by atoms with Gasteiger partial charge in [0, 0.05) is 18.5 Å². The summed E-state index contributed by atoms with van der Waals surface area (Å²) >= 11 is 1.44. The topological polar surface area (TPSA) is 63.7 Å². The van der Waals surface area contributed by atoms with Crippen molar-refractivity contribution in [2.75, 3.05) is 32.1 Å². The number of hydrogen-bond donors (Lipinski definition) is 1. The number of methoxy groups -OCH3 is 1. The summed E-state index contributed by atoms with van der Waals surface area (Å²) in [6, 6.07) is 17.9. The van der Waals surface area contributed by atoms with Gasteiger partial charge in [-0.25, -0.2) is 4.98 Å². The highest BCUT2D eigenvalue weighted by molar-refractivity contribution is 7.13. The van der Waals surface area contributed by atoms with Gasteiger partial charge in [-0.3, -0.25) is 4.79 Å². The van der Waals surface area contributed by atoms with Crippen LogP contribution in [-0.2, 0) is 11.3 Å². The highest BCUT2D eigenvalue weighted by Gasteiger charge is 2.27. The zero-order chi connectivity index (χ0) is 20.1. The van der Waals surface area contributed by atoms with E-state index in [9.17, 15) is 4.79 Å². The summed E-state index contributed by atoms with van der Waals surface area (Å²) in [7, 11) is 1.65. The Balaban J connectivity index is 1.36. The number of thiazole rings is 1. The zero-order valence-electron chi connectivity index (χ0n) is 16.2. The van der Waals surface area contributed by atoms with Crippen molar-refractivity contribution in [1.29, 1.82) is 0 Å². The summed E-state index contributed by atoms with van der Waals surface area (Å²) < 4.78 is 11.0. The predicted molar refractivity (Wildman–Crippen MR) is 113 cm³/mol. The molecule has 29 heavy (non-hydrogen) atoms. The molecule has 0 aliphatic carbocycles. The molecular weight excluding hydrogens is 386 g/mol. The number of anilines is 1. The third-order valence-corrected chi connectivity index (χ3v) is 5.65. The van der Waals surface area contributed by atoms with Gasteiger partial charge in [0.15, 0.2) is 5.13 Å². The van der Waals surface area contributed by atoms with Crippen molar-refractivity contribution in [3.8, 4) is 5.75 Å². The van der Waals surface area contributed by atoms with E-state index in [0.29, 0.717) is 31.9 Å². The van der Waals surface area contributed by atoms with Crippen molar-refractivity contribution in [3.63, 3.8) is 0 Å². The first-order valence-corrected chi connectivity index (χ1v) is 10.4. The van der Waals surface area contributed by atoms with Crippen LogP contribution in [0.1, 0.15) is 27.7 Å². The Hall–Kier alpha value is -2.90. The van der Waals surface area contributed by atoms with E-state index >= 15 is 0 Å². The third-order valence-electron chi connectivity index (χ3n) is 4.85. The molecule has 0 unspecified atom stereocenters. The summed E-state index contributed by atoms with van der Waals surface area (Å²) in [6.07, 6.45) is -0.0970.